The molecule has 0 aliphatic carbocycles. The van der Waals surface area contributed by atoms with Gasteiger partial charge >= 0.3 is 166 Å². The van der Waals surface area contributed by atoms with Crippen LogP contribution in [0.4, 0.5) is 0 Å². The van der Waals surface area contributed by atoms with Crippen molar-refractivity contribution in [2.75, 3.05) is 0 Å². The van der Waals surface area contributed by atoms with E-state index < -0.39 is 0 Å². The summed E-state index contributed by atoms with van der Waals surface area (Å²) in [7, 11) is 0. The van der Waals surface area contributed by atoms with Crippen LogP contribution in [0.5, 0.6) is 0 Å². The molecular formula is C69H120N2Ni. The minimum Gasteiger partial charge on any atom is -0.0654 e. The van der Waals surface area contributed by atoms with Crippen LogP contribution < -0.4 is 0 Å². The van der Waals surface area contributed by atoms with Crippen LogP contribution in [0, 0.1) is 0 Å². The van der Waals surface area contributed by atoms with Crippen molar-refractivity contribution in [2.45, 2.75) is 342 Å². The Hall–Kier alpha value is -1.99. The molecule has 0 atom stereocenters. The van der Waals surface area contributed by atoms with Crippen LogP contribution in [-0.2, 0) is 40.1 Å². The summed E-state index contributed by atoms with van der Waals surface area (Å²) < 4.78 is 1.59. The second-order valence-corrected chi connectivity index (χ2v) is 23.9. The fraction of sp³-hybridized carbons (Fsp3) is 0.768. The second kappa shape index (κ2) is 46.3. The average Bonchev–Trinajstić information content (AvgIpc) is 3.64. The normalized spacial score (nSPS) is 12.8. The van der Waals surface area contributed by atoms with Gasteiger partial charge < -0.3 is 5.53 Å². The number of rotatable bonds is 47. The Morgan fingerprint density at radius 2 is 0.569 bits per heavy atom. The van der Waals surface area contributed by atoms with Gasteiger partial charge in [0, 0.05) is 22.3 Å². The molecule has 416 valence electrons. The number of hydrogen-bond donors (Lipinski definition) is 0. The molecule has 2 nitrogen and oxygen atoms in total. The van der Waals surface area contributed by atoms with E-state index in [0.717, 1.165) is 43.5 Å². The monoisotopic (exact) mass is 1030 g/mol. The van der Waals surface area contributed by atoms with Crippen LogP contribution in [0.2, 0.25) is 10.8 Å². The number of aryl methyl sites for hydroxylation is 4. The number of unbranched alkanes of at least 4 members (excludes halogenated alkanes) is 31. The summed E-state index contributed by atoms with van der Waals surface area (Å²) in [6.07, 6.45) is 57.9. The molecule has 0 unspecified atom stereocenters. The van der Waals surface area contributed by atoms with Crippen molar-refractivity contribution in [1.82, 2.24) is 0 Å². The fourth-order valence-corrected chi connectivity index (χ4v) is 12.0. The molecule has 0 saturated carbocycles. The van der Waals surface area contributed by atoms with Crippen LogP contribution >= 0.6 is 0 Å². The number of hydrogen-bond acceptors (Lipinski definition) is 0. The minimum atomic E-state index is 1.00. The third kappa shape index (κ3) is 30.5. The van der Waals surface area contributed by atoms with E-state index in [0.29, 0.717) is 0 Å². The number of allylic oxidation sites excluding steroid dienone is 2. The Labute approximate surface area is 456 Å². The predicted molar refractivity (Wildman–Crippen MR) is 320 cm³/mol. The van der Waals surface area contributed by atoms with Crippen molar-refractivity contribution in [2.24, 2.45) is 0 Å². The summed E-state index contributed by atoms with van der Waals surface area (Å²) in [6.45, 7) is 18.3. The molecule has 72 heavy (non-hydrogen) atoms. The Morgan fingerprint density at radius 3 is 0.917 bits per heavy atom. The second-order valence-electron chi connectivity index (χ2n) is 22.4. The Kier molecular flexibility index (Phi) is 42.5. The molecule has 0 radical (unpaired) electrons. The Bertz CT molecular complexity index is 1660. The summed E-state index contributed by atoms with van der Waals surface area (Å²) in [5.74, 6) is 0. The Morgan fingerprint density at radius 1 is 0.306 bits per heavy atom. The third-order valence-corrected chi connectivity index (χ3v) is 16.8. The van der Waals surface area contributed by atoms with Gasteiger partial charge in [-0.25, -0.2) is 4.70 Å². The van der Waals surface area contributed by atoms with Crippen molar-refractivity contribution in [3.63, 3.8) is 0 Å². The predicted octanol–water partition coefficient (Wildman–Crippen LogP) is 24.3. The van der Waals surface area contributed by atoms with E-state index in [-0.39, 0.29) is 0 Å². The summed E-state index contributed by atoms with van der Waals surface area (Å²) in [5.41, 5.74) is 24.9. The quantitative estimate of drug-likeness (QED) is 0.0359. The van der Waals surface area contributed by atoms with Gasteiger partial charge in [-0.1, -0.05) is 131 Å². The fourth-order valence-electron chi connectivity index (χ4n) is 10.8. The summed E-state index contributed by atoms with van der Waals surface area (Å²) in [4.78, 5) is 0. The summed E-state index contributed by atoms with van der Waals surface area (Å²) in [5, 5.41) is 2.87. The van der Waals surface area contributed by atoms with Gasteiger partial charge in [-0.15, -0.1) is 0 Å². The molecular weight excluding hydrogens is 915 g/mol. The van der Waals surface area contributed by atoms with Gasteiger partial charge in [0.1, 0.15) is 0 Å². The number of nitrogens with zero attached hydrogens (tertiary/aromatic N) is 2. The maximum absolute atomic E-state index is 12.2. The van der Waals surface area contributed by atoms with Crippen molar-refractivity contribution in [3.8, 4) is 0 Å². The van der Waals surface area contributed by atoms with Gasteiger partial charge in [0.05, 0.1) is 0 Å². The zero-order chi connectivity index (χ0) is 52.1. The molecule has 2 aromatic carbocycles. The topological polar surface area (TPSA) is 25.3 Å². The summed E-state index contributed by atoms with van der Waals surface area (Å²) in [6, 6.07) is 14.4. The molecule has 0 bridgehead atoms. The van der Waals surface area contributed by atoms with Gasteiger partial charge in [0.25, 0.3) is 0 Å². The van der Waals surface area contributed by atoms with E-state index >= 15 is 0 Å². The average molecular weight is 1040 g/mol. The smallest absolute Gasteiger partial charge is 0.0654 e. The third-order valence-electron chi connectivity index (χ3n) is 15.4. The Balaban J connectivity index is 0.000000536. The molecule has 0 spiro atoms. The first-order valence-electron chi connectivity index (χ1n) is 32.0. The summed E-state index contributed by atoms with van der Waals surface area (Å²) >= 11 is 2.04. The van der Waals surface area contributed by atoms with E-state index in [1.165, 1.54) is 299 Å². The molecule has 0 amide bonds. The molecule has 3 heteroatoms. The maximum atomic E-state index is 12.2. The molecule has 1 aliphatic heterocycles. The van der Waals surface area contributed by atoms with E-state index in [9.17, 15) is 5.53 Å². The van der Waals surface area contributed by atoms with Crippen LogP contribution in [-0.4, -0.2) is 4.70 Å². The number of benzene rings is 2. The first-order valence-corrected chi connectivity index (χ1v) is 33.4. The molecule has 0 aromatic heterocycles. The zero-order valence-corrected chi connectivity index (χ0v) is 50.5. The molecule has 3 rings (SSSR count). The van der Waals surface area contributed by atoms with E-state index in [2.05, 4.69) is 91.8 Å². The zero-order valence-electron chi connectivity index (χ0n) is 49.5. The SMILES string of the molecule is CCCCCCC1=C(c2cc(CCCC)cc(CCCCC)c2)[N+](=[N-])C(c2cc(CCCC)cc(CCCCC)c2)=C1C.CCCCCCCCCCCCC[CH2][Ni][CH2]CCCCCCCCCCCCC. The van der Waals surface area contributed by atoms with E-state index in [4.69, 9.17) is 0 Å². The van der Waals surface area contributed by atoms with Gasteiger partial charge in [0.15, 0.2) is 0 Å². The van der Waals surface area contributed by atoms with Gasteiger partial charge in [0.2, 0.25) is 11.4 Å². The van der Waals surface area contributed by atoms with Crippen LogP contribution in [0.3, 0.4) is 0 Å². The van der Waals surface area contributed by atoms with Crippen molar-refractivity contribution in [1.29, 1.82) is 0 Å². The first kappa shape index (κ1) is 66.1. The van der Waals surface area contributed by atoms with E-state index in [1.807, 2.05) is 14.4 Å². The van der Waals surface area contributed by atoms with Crippen molar-refractivity contribution < 1.29 is 19.1 Å². The van der Waals surface area contributed by atoms with Crippen LogP contribution in [0.1, 0.15) is 339 Å². The first-order chi connectivity index (χ1) is 35.4. The molecule has 0 saturated heterocycles. The van der Waals surface area contributed by atoms with Gasteiger partial charge in [-0.05, 0) is 118 Å². The molecule has 1 heterocycles. The van der Waals surface area contributed by atoms with E-state index in [1.54, 1.807) is 4.70 Å². The van der Waals surface area contributed by atoms with Crippen molar-refractivity contribution in [3.05, 3.63) is 86.5 Å². The molecule has 2 aromatic rings. The van der Waals surface area contributed by atoms with Gasteiger partial charge in [-0.2, -0.15) is 0 Å². The van der Waals surface area contributed by atoms with Crippen LogP contribution in [0.25, 0.3) is 16.9 Å². The molecule has 0 N–H and O–H groups in total. The standard InChI is InChI=1S/C41H62N2.2C14H29.Ni/c1-7-12-17-20-25-39-32(6)40(37-28-33(21-15-10-4)26-35(29-37)23-18-13-8-2)43(42)41(39)38-30-34(22-16-11-5)27-36(31-38)24-19-14-9-3;2*1-3-5-7-9-11-13-14-12-10-8-6-4-2;/h26-31H,7-25H2,1-6H3;2*1,3-14H2,2H3;. The van der Waals surface area contributed by atoms with Crippen molar-refractivity contribution >= 4 is 11.4 Å². The van der Waals surface area contributed by atoms with Gasteiger partial charge in [-0.3, -0.25) is 0 Å². The van der Waals surface area contributed by atoms with Crippen LogP contribution in [0.15, 0.2) is 47.5 Å². The minimum absolute atomic E-state index is 1.00. The molecule has 0 fully saturated rings. The molecule has 1 aliphatic rings.